The van der Waals surface area contributed by atoms with Crippen molar-refractivity contribution in [1.29, 1.82) is 0 Å². The third-order valence-electron chi connectivity index (χ3n) is 5.67. The molecule has 0 spiro atoms. The van der Waals surface area contributed by atoms with Crippen molar-refractivity contribution in [2.45, 2.75) is 17.9 Å². The third-order valence-corrected chi connectivity index (χ3v) is 5.67. The zero-order valence-corrected chi connectivity index (χ0v) is 17.2. The lowest BCUT2D eigenvalue weighted by molar-refractivity contribution is -0.130. The minimum absolute atomic E-state index is 0.00458. The highest BCUT2D eigenvalue weighted by molar-refractivity contribution is 5.91. The minimum Gasteiger partial charge on any atom is -0.472 e. The largest absolute Gasteiger partial charge is 0.472 e. The van der Waals surface area contributed by atoms with E-state index in [2.05, 4.69) is 28.7 Å². The predicted molar refractivity (Wildman–Crippen MR) is 115 cm³/mol. The van der Waals surface area contributed by atoms with Crippen LogP contribution in [0.5, 0.6) is 0 Å². The molecule has 2 amide bonds. The van der Waals surface area contributed by atoms with Gasteiger partial charge in [-0.1, -0.05) is 54.5 Å². The van der Waals surface area contributed by atoms with Crippen molar-refractivity contribution in [2.24, 2.45) is 0 Å². The highest BCUT2D eigenvalue weighted by Gasteiger charge is 2.44. The van der Waals surface area contributed by atoms with Gasteiger partial charge in [0.15, 0.2) is 0 Å². The number of hydrogen-bond donors (Lipinski definition) is 3. The van der Waals surface area contributed by atoms with Crippen LogP contribution in [-0.2, 0) is 19.1 Å². The molecule has 2 aliphatic rings. The molecule has 8 heteroatoms. The summed E-state index contributed by atoms with van der Waals surface area (Å²) in [4.78, 5) is 35.8. The summed E-state index contributed by atoms with van der Waals surface area (Å²) in [6.45, 7) is 0.273. The molecular weight excluding hydrogens is 412 g/mol. The molecule has 1 atom stereocenters. The quantitative estimate of drug-likeness (QED) is 0.620. The Kier molecular flexibility index (Phi) is 6.10. The standard InChI is InChI=1S/C24H22N2O6/c27-21(28)10-5-12-25-22(29)24(11-13-31-15-24)26-23(30)32-14-20-18-8-3-1-6-16(18)17-7-2-4-9-19(17)20/h1-4,6-9,20H,11-15H2,(H,25,29)(H,26,30)(H,27,28). The number of carbonyl (C=O) groups excluding carboxylic acids is 2. The van der Waals surface area contributed by atoms with Gasteiger partial charge in [0.05, 0.1) is 13.2 Å². The van der Waals surface area contributed by atoms with Crippen molar-refractivity contribution in [2.75, 3.05) is 26.4 Å². The lowest BCUT2D eigenvalue weighted by Gasteiger charge is -2.27. The van der Waals surface area contributed by atoms with E-state index in [0.29, 0.717) is 6.61 Å². The van der Waals surface area contributed by atoms with Crippen molar-refractivity contribution >= 4 is 18.0 Å². The lowest BCUT2D eigenvalue weighted by Crippen LogP contribution is -2.59. The van der Waals surface area contributed by atoms with Crippen LogP contribution in [0.1, 0.15) is 23.5 Å². The number of ether oxygens (including phenoxy) is 2. The Labute approximate surface area is 184 Å². The number of carbonyl (C=O) groups is 3. The van der Waals surface area contributed by atoms with Crippen molar-refractivity contribution in [1.82, 2.24) is 10.6 Å². The number of fused-ring (bicyclic) bond motifs is 3. The van der Waals surface area contributed by atoms with Crippen LogP contribution < -0.4 is 10.6 Å². The van der Waals surface area contributed by atoms with Gasteiger partial charge in [-0.15, -0.1) is 0 Å². The Balaban J connectivity index is 1.41. The van der Waals surface area contributed by atoms with E-state index in [-0.39, 0.29) is 32.1 Å². The summed E-state index contributed by atoms with van der Waals surface area (Å²) in [6, 6.07) is 16.0. The number of carboxylic acids is 1. The van der Waals surface area contributed by atoms with E-state index in [1.54, 1.807) is 0 Å². The van der Waals surface area contributed by atoms with Gasteiger partial charge in [0.2, 0.25) is 5.91 Å². The molecule has 0 bridgehead atoms. The van der Waals surface area contributed by atoms with Crippen molar-refractivity contribution in [3.05, 3.63) is 59.7 Å². The predicted octanol–water partition coefficient (Wildman–Crippen LogP) is 1.89. The van der Waals surface area contributed by atoms with Crippen molar-refractivity contribution in [3.8, 4) is 23.0 Å². The second-order valence-electron chi connectivity index (χ2n) is 7.62. The maximum absolute atomic E-state index is 12.7. The van der Waals surface area contributed by atoms with Gasteiger partial charge < -0.3 is 25.2 Å². The van der Waals surface area contributed by atoms with Crippen LogP contribution in [0, 0.1) is 11.8 Å². The Hall–Kier alpha value is -3.83. The topological polar surface area (TPSA) is 114 Å². The minimum atomic E-state index is -1.28. The molecule has 1 aliphatic carbocycles. The number of amides is 2. The second kappa shape index (κ2) is 9.12. The normalized spacial score (nSPS) is 18.6. The van der Waals surface area contributed by atoms with Crippen LogP contribution in [-0.4, -0.2) is 55.0 Å². The number of rotatable bonds is 5. The molecule has 164 valence electrons. The van der Waals surface area contributed by atoms with Gasteiger partial charge >= 0.3 is 12.1 Å². The molecule has 8 nitrogen and oxygen atoms in total. The zero-order valence-electron chi connectivity index (χ0n) is 17.2. The van der Waals surface area contributed by atoms with E-state index in [0.717, 1.165) is 22.3 Å². The first-order valence-corrected chi connectivity index (χ1v) is 10.2. The SMILES string of the molecule is O=C(O)C#CCNC(=O)C1(NC(=O)OCC2c3ccccc3-c3ccccc32)CCOC1. The summed E-state index contributed by atoms with van der Waals surface area (Å²) < 4.78 is 10.9. The highest BCUT2D eigenvalue weighted by atomic mass is 16.6. The summed E-state index contributed by atoms with van der Waals surface area (Å²) in [7, 11) is 0. The molecule has 0 radical (unpaired) electrons. The van der Waals surface area contributed by atoms with Gasteiger partial charge in [-0.05, 0) is 22.3 Å². The van der Waals surface area contributed by atoms with E-state index >= 15 is 0 Å². The Morgan fingerprint density at radius 3 is 2.34 bits per heavy atom. The monoisotopic (exact) mass is 434 g/mol. The van der Waals surface area contributed by atoms with Gasteiger partial charge in [-0.25, -0.2) is 9.59 Å². The first-order valence-electron chi connectivity index (χ1n) is 10.2. The molecule has 2 aromatic rings. The zero-order chi connectivity index (χ0) is 22.6. The fraction of sp³-hybridized carbons (Fsp3) is 0.292. The Bertz CT molecular complexity index is 1070. The summed E-state index contributed by atoms with van der Waals surface area (Å²) >= 11 is 0. The fourth-order valence-electron chi connectivity index (χ4n) is 4.14. The lowest BCUT2D eigenvalue weighted by atomic mass is 9.97. The van der Waals surface area contributed by atoms with Crippen LogP contribution in [0.3, 0.4) is 0 Å². The van der Waals surface area contributed by atoms with Crippen molar-refractivity contribution in [3.63, 3.8) is 0 Å². The number of nitrogens with one attached hydrogen (secondary N) is 2. The highest BCUT2D eigenvalue weighted by Crippen LogP contribution is 2.44. The maximum Gasteiger partial charge on any atom is 0.408 e. The van der Waals surface area contributed by atoms with Gasteiger partial charge in [-0.2, -0.15) is 0 Å². The van der Waals surface area contributed by atoms with Crippen LogP contribution >= 0.6 is 0 Å². The summed E-state index contributed by atoms with van der Waals surface area (Å²) in [5, 5.41) is 13.7. The van der Waals surface area contributed by atoms with Crippen LogP contribution in [0.15, 0.2) is 48.5 Å². The van der Waals surface area contributed by atoms with Gasteiger partial charge in [0, 0.05) is 24.9 Å². The van der Waals surface area contributed by atoms with Gasteiger partial charge in [0.1, 0.15) is 12.1 Å². The molecule has 4 rings (SSSR count). The fourth-order valence-corrected chi connectivity index (χ4v) is 4.14. The van der Waals surface area contributed by atoms with Crippen LogP contribution in [0.4, 0.5) is 4.79 Å². The molecule has 1 fully saturated rings. The van der Waals surface area contributed by atoms with Crippen molar-refractivity contribution < 1.29 is 29.0 Å². The maximum atomic E-state index is 12.7. The molecule has 0 saturated carbocycles. The molecule has 1 saturated heterocycles. The van der Waals surface area contributed by atoms with E-state index in [1.807, 2.05) is 42.3 Å². The van der Waals surface area contributed by atoms with Crippen LogP contribution in [0.2, 0.25) is 0 Å². The van der Waals surface area contributed by atoms with Gasteiger partial charge in [0.25, 0.3) is 0 Å². The van der Waals surface area contributed by atoms with Gasteiger partial charge in [-0.3, -0.25) is 4.79 Å². The van der Waals surface area contributed by atoms with E-state index in [9.17, 15) is 14.4 Å². The molecule has 3 N–H and O–H groups in total. The summed E-state index contributed by atoms with van der Waals surface area (Å²) in [5.74, 6) is 2.37. The summed E-state index contributed by atoms with van der Waals surface area (Å²) in [5.41, 5.74) is 3.15. The van der Waals surface area contributed by atoms with E-state index in [4.69, 9.17) is 14.6 Å². The van der Waals surface area contributed by atoms with E-state index < -0.39 is 23.5 Å². The smallest absolute Gasteiger partial charge is 0.408 e. The van der Waals surface area contributed by atoms with E-state index in [1.165, 1.54) is 0 Å². The molecular formula is C24H22N2O6. The molecule has 2 aromatic carbocycles. The Morgan fingerprint density at radius 2 is 1.75 bits per heavy atom. The summed E-state index contributed by atoms with van der Waals surface area (Å²) in [6.07, 6.45) is -0.445. The number of alkyl carbamates (subject to hydrolysis) is 1. The third kappa shape index (κ3) is 4.29. The average Bonchev–Trinajstić information content (AvgIpc) is 3.39. The number of benzene rings is 2. The number of aliphatic carboxylic acids is 1. The first-order chi connectivity index (χ1) is 15.5. The second-order valence-corrected chi connectivity index (χ2v) is 7.62. The first kappa shape index (κ1) is 21.4. The number of carboxylic acid groups (broad SMARTS) is 1. The molecule has 1 heterocycles. The molecule has 32 heavy (non-hydrogen) atoms. The average molecular weight is 434 g/mol. The van der Waals surface area contributed by atoms with Crippen LogP contribution in [0.25, 0.3) is 11.1 Å². The number of hydrogen-bond acceptors (Lipinski definition) is 5. The molecule has 1 aliphatic heterocycles. The molecule has 1 unspecified atom stereocenters. The molecule has 0 aromatic heterocycles. The Morgan fingerprint density at radius 1 is 1.09 bits per heavy atom.